The molecule has 4 rings (SSSR count). The van der Waals surface area contributed by atoms with Crippen molar-refractivity contribution in [3.8, 4) is 11.4 Å². The molecule has 42 heavy (non-hydrogen) atoms. The third-order valence-corrected chi connectivity index (χ3v) is 8.55. The van der Waals surface area contributed by atoms with Crippen molar-refractivity contribution >= 4 is 16.1 Å². The summed E-state index contributed by atoms with van der Waals surface area (Å²) in [6.45, 7) is 7.75. The molecule has 0 bridgehead atoms. The Labute approximate surface area is 246 Å². The van der Waals surface area contributed by atoms with Gasteiger partial charge in [-0.05, 0) is 42.1 Å². The van der Waals surface area contributed by atoms with Crippen LogP contribution in [-0.2, 0) is 16.6 Å². The number of urea groups is 1. The third kappa shape index (κ3) is 7.31. The number of rotatable bonds is 9. The lowest BCUT2D eigenvalue weighted by atomic mass is 9.84. The molecule has 0 aliphatic carbocycles. The van der Waals surface area contributed by atoms with Gasteiger partial charge in [0.05, 0.1) is 24.4 Å². The van der Waals surface area contributed by atoms with Crippen LogP contribution >= 0.6 is 0 Å². The van der Waals surface area contributed by atoms with Crippen LogP contribution in [0, 0.1) is 17.0 Å². The molecular weight excluding hydrogens is 564 g/mol. The lowest BCUT2D eigenvalue weighted by Gasteiger charge is -2.43. The molecule has 1 aliphatic rings. The van der Waals surface area contributed by atoms with Crippen LogP contribution < -0.4 is 5.73 Å². The smallest absolute Gasteiger partial charge is 0.320 e. The number of piperazine rings is 1. The monoisotopic (exact) mass is 603 g/mol. The van der Waals surface area contributed by atoms with Crippen LogP contribution in [0.15, 0.2) is 48.5 Å². The van der Waals surface area contributed by atoms with Crippen LogP contribution in [0.4, 0.5) is 13.6 Å². The van der Waals surface area contributed by atoms with Crippen molar-refractivity contribution < 1.29 is 22.0 Å². The predicted molar refractivity (Wildman–Crippen MR) is 157 cm³/mol. The molecule has 3 aromatic rings. The number of nitrogens with zero attached hydrogens (tertiary/aromatic N) is 6. The first-order valence-corrected chi connectivity index (χ1v) is 15.8. The lowest BCUT2D eigenvalue weighted by Crippen LogP contribution is -2.56. The number of hydrogen-bond acceptors (Lipinski definition) is 6. The lowest BCUT2D eigenvalue weighted by molar-refractivity contribution is 0.0749. The Balaban J connectivity index is 1.80. The molecule has 1 unspecified atom stereocenters. The SMILES string of the molecule is CC(C)(C)C(c1nc(-c2cc(F)ccc2F)nn1Cc1ccccc1)N(CCCN)C(=O)N1CCN(S(C)(=O)=O)CC1. The van der Waals surface area contributed by atoms with E-state index in [-0.39, 0.29) is 43.6 Å². The van der Waals surface area contributed by atoms with Gasteiger partial charge in [0, 0.05) is 32.7 Å². The molecule has 1 saturated heterocycles. The van der Waals surface area contributed by atoms with Crippen LogP contribution in [0.2, 0.25) is 0 Å². The maximum absolute atomic E-state index is 14.9. The Hall–Kier alpha value is -3.42. The van der Waals surface area contributed by atoms with Gasteiger partial charge in [-0.1, -0.05) is 51.1 Å². The van der Waals surface area contributed by atoms with Crippen molar-refractivity contribution in [3.63, 3.8) is 0 Å². The van der Waals surface area contributed by atoms with Crippen molar-refractivity contribution in [2.45, 2.75) is 39.8 Å². The number of amides is 2. The van der Waals surface area contributed by atoms with Gasteiger partial charge in [-0.2, -0.15) is 9.40 Å². The molecule has 2 N–H and O–H groups in total. The van der Waals surface area contributed by atoms with Crippen LogP contribution in [-0.4, -0.2) is 88.8 Å². The minimum atomic E-state index is -3.37. The molecule has 2 aromatic carbocycles. The van der Waals surface area contributed by atoms with Crippen LogP contribution in [0.1, 0.15) is 44.6 Å². The molecular formula is C29H39F2N7O3S. The van der Waals surface area contributed by atoms with E-state index < -0.39 is 33.1 Å². The number of carbonyl (C=O) groups is 1. The standard InChI is InChI=1S/C29H39F2N7O3S/c1-29(2,3)25(37(14-8-13-32)28(39)35-15-17-36(18-16-35)42(4,40)41)27-33-26(23-19-22(30)11-12-24(23)31)34-38(27)20-21-9-6-5-7-10-21/h5-7,9-12,19,25H,8,13-18,20,32H2,1-4H3. The quantitative estimate of drug-likeness (QED) is 0.399. The highest BCUT2D eigenvalue weighted by molar-refractivity contribution is 7.88. The first-order chi connectivity index (χ1) is 19.8. The molecule has 228 valence electrons. The van der Waals surface area contributed by atoms with Crippen molar-refractivity contribution in [3.05, 3.63) is 71.6 Å². The minimum absolute atomic E-state index is 0.0140. The molecule has 1 fully saturated rings. The first-order valence-electron chi connectivity index (χ1n) is 13.9. The minimum Gasteiger partial charge on any atom is -0.330 e. The molecule has 1 aromatic heterocycles. The molecule has 0 spiro atoms. The molecule has 0 saturated carbocycles. The maximum Gasteiger partial charge on any atom is 0.320 e. The summed E-state index contributed by atoms with van der Waals surface area (Å²) in [5.74, 6) is -0.843. The molecule has 13 heteroatoms. The Morgan fingerprint density at radius 3 is 2.33 bits per heavy atom. The number of nitrogens with two attached hydrogens (primary N) is 1. The number of hydrogen-bond donors (Lipinski definition) is 1. The molecule has 1 atom stereocenters. The number of carbonyl (C=O) groups excluding carboxylic acids is 1. The van der Waals surface area contributed by atoms with Gasteiger partial charge in [-0.3, -0.25) is 0 Å². The summed E-state index contributed by atoms with van der Waals surface area (Å²) in [6.07, 6.45) is 1.67. The summed E-state index contributed by atoms with van der Waals surface area (Å²) in [4.78, 5) is 22.3. The zero-order valence-corrected chi connectivity index (χ0v) is 25.3. The fourth-order valence-electron chi connectivity index (χ4n) is 5.20. The van der Waals surface area contributed by atoms with E-state index in [9.17, 15) is 22.0 Å². The van der Waals surface area contributed by atoms with Gasteiger partial charge in [-0.25, -0.2) is 31.7 Å². The van der Waals surface area contributed by atoms with Crippen LogP contribution in [0.3, 0.4) is 0 Å². The van der Waals surface area contributed by atoms with E-state index in [4.69, 9.17) is 10.7 Å². The van der Waals surface area contributed by atoms with E-state index in [1.807, 2.05) is 51.1 Å². The second kappa shape index (κ2) is 12.8. The Morgan fingerprint density at radius 1 is 1.07 bits per heavy atom. The van der Waals surface area contributed by atoms with Gasteiger partial charge in [0.1, 0.15) is 11.6 Å². The van der Waals surface area contributed by atoms with E-state index in [1.165, 1.54) is 4.31 Å². The van der Waals surface area contributed by atoms with Crippen molar-refractivity contribution in [2.24, 2.45) is 11.1 Å². The fraction of sp³-hybridized carbons (Fsp3) is 0.483. The fourth-order valence-corrected chi connectivity index (χ4v) is 6.02. The van der Waals surface area contributed by atoms with Crippen LogP contribution in [0.25, 0.3) is 11.4 Å². The summed E-state index contributed by atoms with van der Waals surface area (Å²) in [5, 5.41) is 4.63. The highest BCUT2D eigenvalue weighted by Gasteiger charge is 2.41. The summed E-state index contributed by atoms with van der Waals surface area (Å²) in [5.41, 5.74) is 6.15. The highest BCUT2D eigenvalue weighted by Crippen LogP contribution is 2.39. The number of benzene rings is 2. The topological polar surface area (TPSA) is 118 Å². The number of halogens is 2. The third-order valence-electron chi connectivity index (χ3n) is 7.25. The zero-order valence-electron chi connectivity index (χ0n) is 24.5. The summed E-state index contributed by atoms with van der Waals surface area (Å²) in [6, 6.07) is 11.8. The Bertz CT molecular complexity index is 1480. The van der Waals surface area contributed by atoms with Gasteiger partial charge in [0.15, 0.2) is 11.6 Å². The summed E-state index contributed by atoms with van der Waals surface area (Å²) >= 11 is 0. The van der Waals surface area contributed by atoms with E-state index in [2.05, 4.69) is 5.10 Å². The van der Waals surface area contributed by atoms with Gasteiger partial charge in [0.2, 0.25) is 10.0 Å². The first kappa shape index (κ1) is 31.5. The van der Waals surface area contributed by atoms with Gasteiger partial charge >= 0.3 is 6.03 Å². The van der Waals surface area contributed by atoms with Gasteiger partial charge in [-0.15, -0.1) is 0 Å². The van der Waals surface area contributed by atoms with Crippen molar-refractivity contribution in [1.82, 2.24) is 28.9 Å². The highest BCUT2D eigenvalue weighted by atomic mass is 32.2. The van der Waals surface area contributed by atoms with Crippen molar-refractivity contribution in [1.29, 1.82) is 0 Å². The van der Waals surface area contributed by atoms with Gasteiger partial charge in [0.25, 0.3) is 0 Å². The van der Waals surface area contributed by atoms with E-state index in [0.717, 1.165) is 30.0 Å². The molecule has 0 radical (unpaired) electrons. The Morgan fingerprint density at radius 2 is 1.74 bits per heavy atom. The maximum atomic E-state index is 14.9. The van der Waals surface area contributed by atoms with E-state index >= 15 is 0 Å². The zero-order chi connectivity index (χ0) is 30.7. The predicted octanol–water partition coefficient (Wildman–Crippen LogP) is 3.71. The molecule has 1 aliphatic heterocycles. The van der Waals surface area contributed by atoms with E-state index in [0.29, 0.717) is 31.9 Å². The average molecular weight is 604 g/mol. The number of aromatic nitrogens is 3. The van der Waals surface area contributed by atoms with E-state index in [1.54, 1.807) is 14.5 Å². The van der Waals surface area contributed by atoms with Crippen LogP contribution in [0.5, 0.6) is 0 Å². The largest absolute Gasteiger partial charge is 0.330 e. The molecule has 10 nitrogen and oxygen atoms in total. The van der Waals surface area contributed by atoms with Gasteiger partial charge < -0.3 is 15.5 Å². The Kier molecular flexibility index (Phi) is 9.63. The number of sulfonamides is 1. The van der Waals surface area contributed by atoms with Crippen molar-refractivity contribution in [2.75, 3.05) is 45.5 Å². The summed E-state index contributed by atoms with van der Waals surface area (Å²) in [7, 11) is -3.37. The molecule has 2 heterocycles. The average Bonchev–Trinajstić information content (AvgIpc) is 3.33. The second-order valence-electron chi connectivity index (χ2n) is 11.6. The molecule has 2 amide bonds. The summed E-state index contributed by atoms with van der Waals surface area (Å²) < 4.78 is 56.2. The normalized spacial score (nSPS) is 15.5. The second-order valence-corrected chi connectivity index (χ2v) is 13.6.